The zero-order valence-corrected chi connectivity index (χ0v) is 20.6. The summed E-state index contributed by atoms with van der Waals surface area (Å²) in [6.45, 7) is 2.44. The number of furan rings is 1. The summed E-state index contributed by atoms with van der Waals surface area (Å²) in [5.74, 6) is 1.46. The Balaban J connectivity index is 1.39. The number of Topliss-reactive ketones (excluding diaryl/α,β-unsaturated/α-hetero) is 1. The summed E-state index contributed by atoms with van der Waals surface area (Å²) in [7, 11) is -3.82. The van der Waals surface area contributed by atoms with E-state index < -0.39 is 10.0 Å². The van der Waals surface area contributed by atoms with Crippen molar-refractivity contribution in [1.29, 1.82) is 0 Å². The van der Waals surface area contributed by atoms with E-state index in [0.29, 0.717) is 41.9 Å². The van der Waals surface area contributed by atoms with Crippen LogP contribution in [0.15, 0.2) is 81.4 Å². The molecule has 4 rings (SSSR count). The highest BCUT2D eigenvalue weighted by Gasteiger charge is 2.17. The first-order valence-corrected chi connectivity index (χ1v) is 13.4. The van der Waals surface area contributed by atoms with Gasteiger partial charge in [-0.2, -0.15) is 0 Å². The lowest BCUT2D eigenvalue weighted by atomic mass is 10.1. The molecular weight excluding hydrogens is 484 g/mol. The van der Waals surface area contributed by atoms with Crippen LogP contribution in [0.25, 0.3) is 11.3 Å². The molecule has 0 aliphatic rings. The molecule has 0 aliphatic heterocycles. The summed E-state index contributed by atoms with van der Waals surface area (Å²) < 4.78 is 33.7. The van der Waals surface area contributed by atoms with Crippen molar-refractivity contribution in [3.8, 4) is 11.3 Å². The van der Waals surface area contributed by atoms with E-state index in [-0.39, 0.29) is 15.7 Å². The van der Waals surface area contributed by atoms with Crippen LogP contribution in [0.4, 0.5) is 10.7 Å². The molecule has 0 aliphatic carbocycles. The Morgan fingerprint density at radius 1 is 1.00 bits per heavy atom. The fraction of sp³-hybridized carbons (Fsp3) is 0.154. The topological polar surface area (TPSA) is 105 Å². The third-order valence-corrected chi connectivity index (χ3v) is 7.65. The number of benzene rings is 2. The van der Waals surface area contributed by atoms with E-state index in [0.717, 1.165) is 29.0 Å². The zero-order chi connectivity index (χ0) is 24.8. The van der Waals surface area contributed by atoms with E-state index in [4.69, 9.17) is 4.42 Å². The van der Waals surface area contributed by atoms with Crippen LogP contribution in [-0.2, 0) is 16.6 Å². The van der Waals surface area contributed by atoms with Gasteiger partial charge in [0.15, 0.2) is 12.1 Å². The minimum absolute atomic E-state index is 0.0841. The number of carbonyl (C=O) groups is 2. The lowest BCUT2D eigenvalue weighted by Crippen LogP contribution is -2.12. The summed E-state index contributed by atoms with van der Waals surface area (Å²) in [6, 6.07) is 18.9. The number of anilines is 2. The summed E-state index contributed by atoms with van der Waals surface area (Å²) >= 11 is 1.15. The van der Waals surface area contributed by atoms with Gasteiger partial charge in [0.1, 0.15) is 16.5 Å². The molecule has 2 heterocycles. The standard InChI is InChI=1S/C26H24N2O5S2/c1-2-3-24(30)18-4-8-21(9-5-18)27-16-22-10-13-25(33-22)19-6-11-23(12-7-19)35(31,32)28-26-20(17-29)14-15-34-26/h4-15,17,27-28H,2-3,16H2,1H3. The second kappa shape index (κ2) is 10.7. The van der Waals surface area contributed by atoms with Gasteiger partial charge in [0.05, 0.1) is 11.4 Å². The molecule has 0 saturated carbocycles. The molecule has 2 aromatic carbocycles. The fourth-order valence-corrected chi connectivity index (χ4v) is 5.54. The third-order valence-electron chi connectivity index (χ3n) is 5.31. The van der Waals surface area contributed by atoms with Crippen LogP contribution < -0.4 is 10.0 Å². The SMILES string of the molecule is CCCC(=O)c1ccc(NCc2ccc(-c3ccc(S(=O)(=O)Nc4sccc4C=O)cc3)o2)cc1. The van der Waals surface area contributed by atoms with Gasteiger partial charge in [0.25, 0.3) is 10.0 Å². The Hall–Kier alpha value is -3.69. The average molecular weight is 509 g/mol. The van der Waals surface area contributed by atoms with Crippen LogP contribution >= 0.6 is 11.3 Å². The Kier molecular flexibility index (Phi) is 7.48. The molecule has 9 heteroatoms. The highest BCUT2D eigenvalue weighted by atomic mass is 32.2. The largest absolute Gasteiger partial charge is 0.459 e. The Bertz CT molecular complexity index is 1420. The van der Waals surface area contributed by atoms with E-state index in [1.54, 1.807) is 23.6 Å². The third kappa shape index (κ3) is 5.87. The minimum atomic E-state index is -3.82. The van der Waals surface area contributed by atoms with Gasteiger partial charge in [-0.3, -0.25) is 14.3 Å². The van der Waals surface area contributed by atoms with Crippen molar-refractivity contribution < 1.29 is 22.4 Å². The van der Waals surface area contributed by atoms with Crippen LogP contribution in [0, 0.1) is 0 Å². The van der Waals surface area contributed by atoms with Crippen molar-refractivity contribution in [1.82, 2.24) is 0 Å². The lowest BCUT2D eigenvalue weighted by Gasteiger charge is -2.08. The Labute approximate surface area is 207 Å². The first kappa shape index (κ1) is 24.4. The molecule has 0 spiro atoms. The highest BCUT2D eigenvalue weighted by Crippen LogP contribution is 2.27. The van der Waals surface area contributed by atoms with Crippen molar-refractivity contribution >= 4 is 44.1 Å². The molecule has 0 unspecified atom stereocenters. The number of nitrogens with one attached hydrogen (secondary N) is 2. The summed E-state index contributed by atoms with van der Waals surface area (Å²) in [5.41, 5.74) is 2.62. The van der Waals surface area contributed by atoms with Gasteiger partial charge in [-0.25, -0.2) is 8.42 Å². The fourth-order valence-electron chi connectivity index (χ4n) is 3.44. The smallest absolute Gasteiger partial charge is 0.262 e. The van der Waals surface area contributed by atoms with Crippen LogP contribution in [0.5, 0.6) is 0 Å². The molecule has 4 aromatic rings. The van der Waals surface area contributed by atoms with E-state index in [1.807, 2.05) is 43.3 Å². The quantitative estimate of drug-likeness (QED) is 0.184. The van der Waals surface area contributed by atoms with Crippen molar-refractivity contribution in [3.05, 3.63) is 89.0 Å². The van der Waals surface area contributed by atoms with Gasteiger partial charge in [0, 0.05) is 28.8 Å². The van der Waals surface area contributed by atoms with Crippen LogP contribution in [0.2, 0.25) is 0 Å². The second-order valence-electron chi connectivity index (χ2n) is 7.82. The van der Waals surface area contributed by atoms with Crippen molar-refractivity contribution in [2.45, 2.75) is 31.2 Å². The molecule has 0 bridgehead atoms. The zero-order valence-electron chi connectivity index (χ0n) is 19.0. The summed E-state index contributed by atoms with van der Waals surface area (Å²) in [4.78, 5) is 23.1. The molecule has 0 radical (unpaired) electrons. The minimum Gasteiger partial charge on any atom is -0.459 e. The first-order valence-electron chi connectivity index (χ1n) is 11.0. The number of ketones is 1. The number of rotatable bonds is 11. The average Bonchev–Trinajstić information content (AvgIpc) is 3.52. The number of sulfonamides is 1. The first-order chi connectivity index (χ1) is 16.9. The Morgan fingerprint density at radius 2 is 1.74 bits per heavy atom. The molecule has 0 atom stereocenters. The van der Waals surface area contributed by atoms with Crippen LogP contribution in [0.3, 0.4) is 0 Å². The maximum absolute atomic E-state index is 12.7. The van der Waals surface area contributed by atoms with Gasteiger partial charge in [-0.15, -0.1) is 11.3 Å². The maximum atomic E-state index is 12.7. The normalized spacial score (nSPS) is 11.2. The van der Waals surface area contributed by atoms with Gasteiger partial charge in [0.2, 0.25) is 0 Å². The predicted molar refractivity (Wildman–Crippen MR) is 138 cm³/mol. The molecule has 7 nitrogen and oxygen atoms in total. The van der Waals surface area contributed by atoms with E-state index in [2.05, 4.69) is 10.0 Å². The Morgan fingerprint density at radius 3 is 2.43 bits per heavy atom. The number of hydrogen-bond acceptors (Lipinski definition) is 7. The van der Waals surface area contributed by atoms with Crippen molar-refractivity contribution in [2.24, 2.45) is 0 Å². The summed E-state index contributed by atoms with van der Waals surface area (Å²) in [5, 5.41) is 5.20. The van der Waals surface area contributed by atoms with E-state index in [1.165, 1.54) is 12.1 Å². The number of aldehydes is 1. The van der Waals surface area contributed by atoms with Gasteiger partial charge < -0.3 is 9.73 Å². The molecule has 0 saturated heterocycles. The number of carbonyl (C=O) groups excluding carboxylic acids is 2. The highest BCUT2D eigenvalue weighted by molar-refractivity contribution is 7.93. The lowest BCUT2D eigenvalue weighted by molar-refractivity contribution is 0.0981. The predicted octanol–water partition coefficient (Wildman–Crippen LogP) is 6.22. The maximum Gasteiger partial charge on any atom is 0.262 e. The molecular formula is C26H24N2O5S2. The number of thiophene rings is 1. The molecule has 35 heavy (non-hydrogen) atoms. The van der Waals surface area contributed by atoms with Crippen molar-refractivity contribution in [2.75, 3.05) is 10.0 Å². The van der Waals surface area contributed by atoms with E-state index in [9.17, 15) is 18.0 Å². The molecule has 0 amide bonds. The monoisotopic (exact) mass is 508 g/mol. The van der Waals surface area contributed by atoms with Crippen molar-refractivity contribution in [3.63, 3.8) is 0 Å². The molecule has 2 N–H and O–H groups in total. The van der Waals surface area contributed by atoms with Gasteiger partial charge >= 0.3 is 0 Å². The second-order valence-corrected chi connectivity index (χ2v) is 10.4. The van der Waals surface area contributed by atoms with Gasteiger partial charge in [-0.1, -0.05) is 6.92 Å². The number of hydrogen-bond donors (Lipinski definition) is 2. The van der Waals surface area contributed by atoms with E-state index >= 15 is 0 Å². The molecule has 180 valence electrons. The molecule has 0 fully saturated rings. The van der Waals surface area contributed by atoms with Crippen LogP contribution in [-0.4, -0.2) is 20.5 Å². The summed E-state index contributed by atoms with van der Waals surface area (Å²) in [6.07, 6.45) is 1.98. The van der Waals surface area contributed by atoms with Gasteiger partial charge in [-0.05, 0) is 78.5 Å². The molecule has 2 aromatic heterocycles. The van der Waals surface area contributed by atoms with Crippen LogP contribution in [0.1, 0.15) is 46.2 Å².